The normalized spacial score (nSPS) is 38.6. The first kappa shape index (κ1) is 8.39. The number of hydrogen-bond acceptors (Lipinski definition) is 2. The van der Waals surface area contributed by atoms with Crippen molar-refractivity contribution in [2.75, 3.05) is 6.54 Å². The SMILES string of the molecule is [CH2]CNC1CC2C=CC=CC2S1. The van der Waals surface area contributed by atoms with Crippen LogP contribution in [-0.2, 0) is 0 Å². The van der Waals surface area contributed by atoms with Crippen molar-refractivity contribution in [1.29, 1.82) is 0 Å². The van der Waals surface area contributed by atoms with E-state index in [2.05, 4.69) is 36.5 Å². The number of hydrogen-bond donors (Lipinski definition) is 1. The molecule has 0 bridgehead atoms. The van der Waals surface area contributed by atoms with Crippen molar-refractivity contribution in [1.82, 2.24) is 5.32 Å². The van der Waals surface area contributed by atoms with Crippen LogP contribution in [0.15, 0.2) is 24.3 Å². The molecule has 1 N–H and O–H groups in total. The zero-order valence-corrected chi connectivity index (χ0v) is 7.89. The minimum atomic E-state index is 0.616. The molecule has 1 aliphatic heterocycles. The van der Waals surface area contributed by atoms with Gasteiger partial charge in [-0.05, 0) is 25.8 Å². The lowest BCUT2D eigenvalue weighted by atomic mass is 9.97. The first-order chi connectivity index (χ1) is 5.90. The Bertz CT molecular complexity index is 190. The van der Waals surface area contributed by atoms with Crippen LogP contribution in [0.25, 0.3) is 0 Å². The van der Waals surface area contributed by atoms with Crippen molar-refractivity contribution in [3.8, 4) is 0 Å². The standard InChI is InChI=1S/C10H14NS/c1-2-11-10-7-8-5-3-4-6-9(8)12-10/h3-6,8-11H,1-2,7H2. The van der Waals surface area contributed by atoms with Crippen molar-refractivity contribution >= 4 is 11.8 Å². The predicted octanol–water partition coefficient (Wildman–Crippen LogP) is 1.98. The van der Waals surface area contributed by atoms with Crippen LogP contribution in [0, 0.1) is 12.8 Å². The topological polar surface area (TPSA) is 12.0 Å². The maximum Gasteiger partial charge on any atom is 0.0544 e. The molecule has 2 aliphatic rings. The van der Waals surface area contributed by atoms with Gasteiger partial charge in [-0.25, -0.2) is 0 Å². The van der Waals surface area contributed by atoms with E-state index >= 15 is 0 Å². The second kappa shape index (κ2) is 3.67. The molecule has 0 amide bonds. The molecule has 1 aliphatic carbocycles. The van der Waals surface area contributed by atoms with Crippen molar-refractivity contribution in [3.63, 3.8) is 0 Å². The third-order valence-electron chi connectivity index (χ3n) is 2.37. The molecule has 1 fully saturated rings. The van der Waals surface area contributed by atoms with Crippen molar-refractivity contribution < 1.29 is 0 Å². The third kappa shape index (κ3) is 1.59. The Labute approximate surface area is 78.3 Å². The summed E-state index contributed by atoms with van der Waals surface area (Å²) >= 11 is 2.03. The van der Waals surface area contributed by atoms with E-state index in [0.717, 1.165) is 12.5 Å². The molecule has 0 aromatic rings. The first-order valence-electron chi connectivity index (χ1n) is 4.43. The maximum absolute atomic E-state index is 3.81. The van der Waals surface area contributed by atoms with Gasteiger partial charge in [0.15, 0.2) is 0 Å². The van der Waals surface area contributed by atoms with Gasteiger partial charge in [0.25, 0.3) is 0 Å². The molecule has 65 valence electrons. The smallest absolute Gasteiger partial charge is 0.0544 e. The van der Waals surface area contributed by atoms with Gasteiger partial charge in [0.1, 0.15) is 0 Å². The third-order valence-corrected chi connectivity index (χ3v) is 3.88. The molecule has 1 saturated heterocycles. The van der Waals surface area contributed by atoms with Crippen molar-refractivity contribution in [2.24, 2.45) is 5.92 Å². The fraction of sp³-hybridized carbons (Fsp3) is 0.500. The van der Waals surface area contributed by atoms with Gasteiger partial charge in [0.05, 0.1) is 5.37 Å². The zero-order chi connectivity index (χ0) is 8.39. The van der Waals surface area contributed by atoms with E-state index in [1.165, 1.54) is 6.42 Å². The first-order valence-corrected chi connectivity index (χ1v) is 5.37. The van der Waals surface area contributed by atoms with Gasteiger partial charge in [0.2, 0.25) is 0 Å². The molecule has 0 aromatic carbocycles. The minimum Gasteiger partial charge on any atom is -0.305 e. The molecule has 12 heavy (non-hydrogen) atoms. The van der Waals surface area contributed by atoms with Crippen LogP contribution in [0.5, 0.6) is 0 Å². The fourth-order valence-electron chi connectivity index (χ4n) is 1.78. The van der Waals surface area contributed by atoms with Crippen LogP contribution in [0.4, 0.5) is 0 Å². The number of rotatable bonds is 2. The Kier molecular flexibility index (Phi) is 2.57. The molecule has 3 unspecified atom stereocenters. The fourth-order valence-corrected chi connectivity index (χ4v) is 3.29. The molecule has 0 aromatic heterocycles. The average molecular weight is 180 g/mol. The zero-order valence-electron chi connectivity index (χ0n) is 7.07. The van der Waals surface area contributed by atoms with Crippen molar-refractivity contribution in [2.45, 2.75) is 17.0 Å². The molecule has 1 radical (unpaired) electrons. The molecule has 2 rings (SSSR count). The Morgan fingerprint density at radius 1 is 1.42 bits per heavy atom. The van der Waals surface area contributed by atoms with Crippen LogP contribution < -0.4 is 5.32 Å². The predicted molar refractivity (Wildman–Crippen MR) is 54.9 cm³/mol. The van der Waals surface area contributed by atoms with Crippen LogP contribution in [0.1, 0.15) is 6.42 Å². The number of fused-ring (bicyclic) bond motifs is 1. The molecule has 0 saturated carbocycles. The maximum atomic E-state index is 3.81. The van der Waals surface area contributed by atoms with Crippen molar-refractivity contribution in [3.05, 3.63) is 31.2 Å². The monoisotopic (exact) mass is 180 g/mol. The lowest BCUT2D eigenvalue weighted by Gasteiger charge is -2.12. The van der Waals surface area contributed by atoms with Gasteiger partial charge in [-0.15, -0.1) is 11.8 Å². The van der Waals surface area contributed by atoms with E-state index in [1.54, 1.807) is 0 Å². The number of thioether (sulfide) groups is 1. The average Bonchev–Trinajstić information content (AvgIpc) is 2.47. The highest BCUT2D eigenvalue weighted by Crippen LogP contribution is 2.39. The van der Waals surface area contributed by atoms with Gasteiger partial charge < -0.3 is 5.32 Å². The lowest BCUT2D eigenvalue weighted by molar-refractivity contribution is 0.577. The van der Waals surface area contributed by atoms with Crippen LogP contribution in [0.2, 0.25) is 0 Å². The van der Waals surface area contributed by atoms with Gasteiger partial charge in [0, 0.05) is 5.25 Å². The molecule has 3 atom stereocenters. The van der Waals surface area contributed by atoms with Crippen LogP contribution in [-0.4, -0.2) is 17.2 Å². The quantitative estimate of drug-likeness (QED) is 0.697. The van der Waals surface area contributed by atoms with E-state index in [9.17, 15) is 0 Å². The minimum absolute atomic E-state index is 0.616. The Morgan fingerprint density at radius 2 is 2.25 bits per heavy atom. The number of nitrogens with one attached hydrogen (secondary N) is 1. The molecule has 1 nitrogen and oxygen atoms in total. The van der Waals surface area contributed by atoms with Gasteiger partial charge >= 0.3 is 0 Å². The summed E-state index contributed by atoms with van der Waals surface area (Å²) in [5.41, 5.74) is 0. The van der Waals surface area contributed by atoms with Crippen LogP contribution >= 0.6 is 11.8 Å². The summed E-state index contributed by atoms with van der Waals surface area (Å²) in [6.45, 7) is 4.64. The Hall–Kier alpha value is -0.210. The highest BCUT2D eigenvalue weighted by Gasteiger charge is 2.31. The molecular weight excluding hydrogens is 166 g/mol. The second-order valence-electron chi connectivity index (χ2n) is 3.21. The van der Waals surface area contributed by atoms with Gasteiger partial charge in [-0.1, -0.05) is 24.3 Å². The van der Waals surface area contributed by atoms with E-state index in [0.29, 0.717) is 10.6 Å². The highest BCUT2D eigenvalue weighted by molar-refractivity contribution is 8.00. The molecule has 0 spiro atoms. The summed E-state index contributed by atoms with van der Waals surface area (Å²) in [7, 11) is 0. The summed E-state index contributed by atoms with van der Waals surface area (Å²) in [6.07, 6.45) is 10.2. The van der Waals surface area contributed by atoms with E-state index in [1.807, 2.05) is 11.8 Å². The highest BCUT2D eigenvalue weighted by atomic mass is 32.2. The molecule has 2 heteroatoms. The summed E-state index contributed by atoms with van der Waals surface area (Å²) in [5, 5.41) is 4.71. The van der Waals surface area contributed by atoms with Gasteiger partial charge in [-0.3, -0.25) is 0 Å². The Morgan fingerprint density at radius 3 is 3.00 bits per heavy atom. The van der Waals surface area contributed by atoms with E-state index < -0.39 is 0 Å². The lowest BCUT2D eigenvalue weighted by Crippen LogP contribution is -2.23. The van der Waals surface area contributed by atoms with Crippen LogP contribution in [0.3, 0.4) is 0 Å². The number of allylic oxidation sites excluding steroid dienone is 3. The van der Waals surface area contributed by atoms with E-state index in [-0.39, 0.29) is 0 Å². The summed E-state index contributed by atoms with van der Waals surface area (Å²) < 4.78 is 0. The summed E-state index contributed by atoms with van der Waals surface area (Å²) in [6, 6.07) is 0. The van der Waals surface area contributed by atoms with E-state index in [4.69, 9.17) is 0 Å². The largest absolute Gasteiger partial charge is 0.305 e. The molecular formula is C10H14NS. The summed E-state index contributed by atoms with van der Waals surface area (Å²) in [4.78, 5) is 0. The van der Waals surface area contributed by atoms with Gasteiger partial charge in [-0.2, -0.15) is 0 Å². The Balaban J connectivity index is 1.96. The second-order valence-corrected chi connectivity index (χ2v) is 4.60. The summed E-state index contributed by atoms with van der Waals surface area (Å²) in [5.74, 6) is 0.754. The molecule has 1 heterocycles.